The van der Waals surface area contributed by atoms with Crippen molar-refractivity contribution in [3.63, 3.8) is 0 Å². The minimum atomic E-state index is -4.91. The molecule has 1 aliphatic rings. The van der Waals surface area contributed by atoms with Crippen LogP contribution in [0, 0.1) is 17.7 Å². The number of ether oxygens (including phenoxy) is 1. The Hall–Kier alpha value is -4.79. The molecule has 12 heteroatoms. The molecule has 0 unspecified atom stereocenters. The lowest BCUT2D eigenvalue weighted by Crippen LogP contribution is -2.55. The highest BCUT2D eigenvalue weighted by Gasteiger charge is 2.51. The highest BCUT2D eigenvalue weighted by molar-refractivity contribution is 6.06. The number of nitrogens with one attached hydrogen (secondary N) is 4. The van der Waals surface area contributed by atoms with Crippen molar-refractivity contribution in [3.8, 4) is 28.8 Å². The van der Waals surface area contributed by atoms with Crippen molar-refractivity contribution in [2.75, 3.05) is 19.0 Å². The van der Waals surface area contributed by atoms with Crippen LogP contribution in [0.2, 0.25) is 0 Å². The summed E-state index contributed by atoms with van der Waals surface area (Å²) < 4.78 is 61.2. The van der Waals surface area contributed by atoms with Gasteiger partial charge in [0, 0.05) is 36.6 Å². The predicted octanol–water partition coefficient (Wildman–Crippen LogP) is 4.23. The standard InChI is InChI=1S/C27H23F4N5O3/c1-4-20(37)36-26(2,27(29,30)31)11-8-15-14-32-12-9-16(15)22-23(21-18(34-22)10-13-33-25(21)38)35-19-7-5-6-17(28)24(19)39-3/h4-7,9,12,14,34-35H,1,10,13H2,2-3H3,(H,33,38)(H,36,37)/t26-/m0/s1. The number of rotatable bonds is 6. The van der Waals surface area contributed by atoms with Crippen LogP contribution in [0.4, 0.5) is 28.9 Å². The number of carbonyl (C=O) groups is 2. The Balaban J connectivity index is 1.89. The first-order valence-electron chi connectivity index (χ1n) is 11.6. The molecule has 3 heterocycles. The molecule has 3 aromatic rings. The van der Waals surface area contributed by atoms with E-state index in [-0.39, 0.29) is 28.3 Å². The van der Waals surface area contributed by atoms with Crippen molar-refractivity contribution in [3.05, 3.63) is 72.0 Å². The zero-order valence-electron chi connectivity index (χ0n) is 20.8. The number of hydrogen-bond acceptors (Lipinski definition) is 5. The second kappa shape index (κ2) is 10.5. The molecule has 0 spiro atoms. The molecule has 39 heavy (non-hydrogen) atoms. The quantitative estimate of drug-likeness (QED) is 0.212. The number of para-hydroxylation sites is 1. The van der Waals surface area contributed by atoms with Gasteiger partial charge in [-0.2, -0.15) is 13.2 Å². The van der Waals surface area contributed by atoms with E-state index in [1.807, 2.05) is 5.32 Å². The third kappa shape index (κ3) is 5.29. The van der Waals surface area contributed by atoms with Crippen LogP contribution in [0.25, 0.3) is 11.3 Å². The lowest BCUT2D eigenvalue weighted by Gasteiger charge is -2.27. The van der Waals surface area contributed by atoms with Gasteiger partial charge in [-0.15, -0.1) is 0 Å². The smallest absolute Gasteiger partial charge is 0.422 e. The van der Waals surface area contributed by atoms with E-state index in [9.17, 15) is 27.2 Å². The Labute approximate surface area is 220 Å². The molecular weight excluding hydrogens is 518 g/mol. The van der Waals surface area contributed by atoms with Gasteiger partial charge in [0.05, 0.1) is 35.3 Å². The number of H-pyrrole nitrogens is 1. The number of fused-ring (bicyclic) bond motifs is 1. The van der Waals surface area contributed by atoms with Gasteiger partial charge in [-0.25, -0.2) is 4.39 Å². The first-order valence-corrected chi connectivity index (χ1v) is 11.6. The predicted molar refractivity (Wildman–Crippen MR) is 136 cm³/mol. The van der Waals surface area contributed by atoms with E-state index in [2.05, 4.69) is 39.0 Å². The van der Waals surface area contributed by atoms with E-state index in [1.54, 1.807) is 6.07 Å². The maximum absolute atomic E-state index is 14.4. The molecule has 0 fully saturated rings. The summed E-state index contributed by atoms with van der Waals surface area (Å²) in [5.74, 6) is 2.43. The molecule has 1 aliphatic heterocycles. The molecule has 0 radical (unpaired) electrons. The van der Waals surface area contributed by atoms with Crippen LogP contribution in [0.1, 0.15) is 28.5 Å². The summed E-state index contributed by atoms with van der Waals surface area (Å²) >= 11 is 0. The Morgan fingerprint density at radius 3 is 2.74 bits per heavy atom. The molecule has 2 aromatic heterocycles. The van der Waals surface area contributed by atoms with Crippen molar-refractivity contribution in [2.45, 2.75) is 25.1 Å². The van der Waals surface area contributed by atoms with Crippen LogP contribution in [-0.2, 0) is 11.2 Å². The molecule has 0 aliphatic carbocycles. The first kappa shape index (κ1) is 27.3. The fraction of sp³-hybridized carbons (Fsp3) is 0.222. The third-order valence-corrected chi connectivity index (χ3v) is 6.06. The summed E-state index contributed by atoms with van der Waals surface area (Å²) in [4.78, 5) is 31.7. The van der Waals surface area contributed by atoms with E-state index in [4.69, 9.17) is 4.74 Å². The lowest BCUT2D eigenvalue weighted by atomic mass is 9.99. The van der Waals surface area contributed by atoms with Gasteiger partial charge >= 0.3 is 6.18 Å². The fourth-order valence-electron chi connectivity index (χ4n) is 4.03. The maximum Gasteiger partial charge on any atom is 0.422 e. The zero-order chi connectivity index (χ0) is 28.4. The number of benzene rings is 1. The molecule has 0 saturated carbocycles. The van der Waals surface area contributed by atoms with Crippen LogP contribution >= 0.6 is 0 Å². The minimum absolute atomic E-state index is 0.0779. The number of anilines is 2. The molecule has 0 saturated heterocycles. The lowest BCUT2D eigenvalue weighted by molar-refractivity contribution is -0.176. The van der Waals surface area contributed by atoms with E-state index in [0.717, 1.165) is 6.92 Å². The van der Waals surface area contributed by atoms with E-state index in [0.29, 0.717) is 36.0 Å². The molecule has 1 atom stereocenters. The number of nitrogens with zero attached hydrogens (tertiary/aromatic N) is 1. The van der Waals surface area contributed by atoms with Crippen molar-refractivity contribution < 1.29 is 31.9 Å². The molecule has 8 nitrogen and oxygen atoms in total. The Kier molecular flexibility index (Phi) is 7.36. The molecule has 2 amide bonds. The Bertz CT molecular complexity index is 1520. The number of aromatic nitrogens is 2. The fourth-order valence-corrected chi connectivity index (χ4v) is 4.03. The summed E-state index contributed by atoms with van der Waals surface area (Å²) in [7, 11) is 1.29. The van der Waals surface area contributed by atoms with Crippen LogP contribution in [0.3, 0.4) is 0 Å². The van der Waals surface area contributed by atoms with E-state index < -0.39 is 29.3 Å². The highest BCUT2D eigenvalue weighted by atomic mass is 19.4. The monoisotopic (exact) mass is 541 g/mol. The number of hydrogen-bond donors (Lipinski definition) is 4. The van der Waals surface area contributed by atoms with Gasteiger partial charge in [0.2, 0.25) is 5.91 Å². The van der Waals surface area contributed by atoms with Crippen LogP contribution in [-0.4, -0.2) is 47.2 Å². The van der Waals surface area contributed by atoms with Gasteiger partial charge in [-0.1, -0.05) is 24.5 Å². The number of alkyl halides is 3. The second-order valence-corrected chi connectivity index (χ2v) is 8.67. The molecule has 4 rings (SSSR count). The number of carbonyl (C=O) groups excluding carboxylic acids is 2. The SMILES string of the molecule is C=CC(=O)N[C@@](C)(C#Cc1cnccc1-c1[nH]c2c(c1Nc1cccc(F)c1OC)C(=O)NCC2)C(F)(F)F. The highest BCUT2D eigenvalue weighted by Crippen LogP contribution is 2.40. The number of halogens is 4. The Morgan fingerprint density at radius 1 is 1.28 bits per heavy atom. The largest absolute Gasteiger partial charge is 0.492 e. The topological polar surface area (TPSA) is 108 Å². The summed E-state index contributed by atoms with van der Waals surface area (Å²) in [5, 5.41) is 7.63. The Morgan fingerprint density at radius 2 is 2.05 bits per heavy atom. The van der Waals surface area contributed by atoms with E-state index >= 15 is 0 Å². The number of pyridine rings is 1. The van der Waals surface area contributed by atoms with Crippen molar-refractivity contribution >= 4 is 23.2 Å². The molecular formula is C27H23F4N5O3. The van der Waals surface area contributed by atoms with E-state index in [1.165, 1.54) is 37.7 Å². The van der Waals surface area contributed by atoms with Gasteiger partial charge in [0.15, 0.2) is 17.1 Å². The second-order valence-electron chi connectivity index (χ2n) is 8.67. The van der Waals surface area contributed by atoms with Crippen LogP contribution in [0.15, 0.2) is 49.3 Å². The number of methoxy groups -OCH3 is 1. The minimum Gasteiger partial charge on any atom is -0.492 e. The molecule has 0 bridgehead atoms. The van der Waals surface area contributed by atoms with Gasteiger partial charge in [0.1, 0.15) is 0 Å². The molecule has 202 valence electrons. The van der Waals surface area contributed by atoms with Crippen molar-refractivity contribution in [1.82, 2.24) is 20.6 Å². The molecule has 4 N–H and O–H groups in total. The van der Waals surface area contributed by atoms with Gasteiger partial charge in [-0.3, -0.25) is 14.6 Å². The average Bonchev–Trinajstić information content (AvgIpc) is 3.26. The van der Waals surface area contributed by atoms with Gasteiger partial charge in [0.25, 0.3) is 5.91 Å². The summed E-state index contributed by atoms with van der Waals surface area (Å²) in [6, 6.07) is 5.73. The number of amides is 2. The van der Waals surface area contributed by atoms with Gasteiger partial charge in [-0.05, 0) is 31.2 Å². The van der Waals surface area contributed by atoms with Crippen molar-refractivity contribution in [1.29, 1.82) is 0 Å². The first-order chi connectivity index (χ1) is 18.5. The average molecular weight is 542 g/mol. The zero-order valence-corrected chi connectivity index (χ0v) is 20.8. The van der Waals surface area contributed by atoms with Gasteiger partial charge < -0.3 is 25.7 Å². The summed E-state index contributed by atoms with van der Waals surface area (Å²) in [6.07, 6.45) is -1.07. The number of aromatic amines is 1. The summed E-state index contributed by atoms with van der Waals surface area (Å²) in [5.41, 5.74) is -0.880. The maximum atomic E-state index is 14.4. The van der Waals surface area contributed by atoms with Crippen LogP contribution < -0.4 is 20.7 Å². The molecule has 1 aromatic carbocycles. The van der Waals surface area contributed by atoms with Crippen LogP contribution in [0.5, 0.6) is 5.75 Å². The normalized spacial score (nSPS) is 14.2. The van der Waals surface area contributed by atoms with Crippen molar-refractivity contribution in [2.24, 2.45) is 0 Å². The third-order valence-electron chi connectivity index (χ3n) is 6.06. The summed E-state index contributed by atoms with van der Waals surface area (Å²) in [6.45, 7) is 4.28.